The number of sulfonamides is 1. The molecule has 0 aliphatic rings. The predicted molar refractivity (Wildman–Crippen MR) is 104 cm³/mol. The second-order valence-electron chi connectivity index (χ2n) is 6.31. The predicted octanol–water partition coefficient (Wildman–Crippen LogP) is 4.84. The summed E-state index contributed by atoms with van der Waals surface area (Å²) in [6, 6.07) is 11.0. The molecule has 0 amide bonds. The van der Waals surface area contributed by atoms with Gasteiger partial charge in [-0.25, -0.2) is 8.42 Å². The topological polar surface area (TPSA) is 72.6 Å². The Bertz CT molecular complexity index is 1150. The largest absolute Gasteiger partial charge is 0.497 e. The number of hydrogen-bond acceptors (Lipinski definition) is 5. The van der Waals surface area contributed by atoms with Gasteiger partial charge in [0.15, 0.2) is 5.76 Å². The summed E-state index contributed by atoms with van der Waals surface area (Å²) in [5.41, 5.74) is -0.0202. The second-order valence-corrected chi connectivity index (χ2v) is 8.76. The summed E-state index contributed by atoms with van der Waals surface area (Å²) in [5.74, 6) is 0.881. The smallest absolute Gasteiger partial charge is 0.417 e. The van der Waals surface area contributed by atoms with E-state index in [9.17, 15) is 21.6 Å². The van der Waals surface area contributed by atoms with Crippen molar-refractivity contribution in [3.8, 4) is 17.0 Å². The number of nitrogens with zero attached hydrogens (tertiary/aromatic N) is 2. The molecule has 0 unspecified atom stereocenters. The van der Waals surface area contributed by atoms with Crippen molar-refractivity contribution in [1.29, 1.82) is 0 Å². The fourth-order valence-corrected chi connectivity index (χ4v) is 4.04. The van der Waals surface area contributed by atoms with E-state index in [-0.39, 0.29) is 12.3 Å². The average Bonchev–Trinajstić information content (AvgIpc) is 3.15. The summed E-state index contributed by atoms with van der Waals surface area (Å²) in [7, 11) is -1.46. The van der Waals surface area contributed by atoms with Crippen LogP contribution in [-0.4, -0.2) is 32.0 Å². The van der Waals surface area contributed by atoms with E-state index >= 15 is 0 Å². The Morgan fingerprint density at radius 2 is 1.80 bits per heavy atom. The van der Waals surface area contributed by atoms with Gasteiger partial charge in [-0.15, -0.1) is 0 Å². The summed E-state index contributed by atoms with van der Waals surface area (Å²) in [5, 5.41) is 3.32. The molecule has 0 bridgehead atoms. The molecule has 1 aromatic heterocycles. The summed E-state index contributed by atoms with van der Waals surface area (Å²) in [6.07, 6.45) is -4.78. The van der Waals surface area contributed by atoms with Crippen LogP contribution in [0.15, 0.2) is 57.9 Å². The van der Waals surface area contributed by atoms with Gasteiger partial charge in [0.25, 0.3) is 0 Å². The fourth-order valence-electron chi connectivity index (χ4n) is 2.65. The molecule has 3 rings (SSSR count). The third-order valence-electron chi connectivity index (χ3n) is 4.27. The summed E-state index contributed by atoms with van der Waals surface area (Å²) >= 11 is 5.56. The molecule has 0 atom stereocenters. The van der Waals surface area contributed by atoms with E-state index in [1.165, 1.54) is 14.2 Å². The van der Waals surface area contributed by atoms with Crippen LogP contribution in [0.2, 0.25) is 5.02 Å². The third-order valence-corrected chi connectivity index (χ3v) is 6.40. The van der Waals surface area contributed by atoms with E-state index in [4.69, 9.17) is 20.9 Å². The van der Waals surface area contributed by atoms with Crippen LogP contribution in [-0.2, 0) is 22.7 Å². The Labute approximate surface area is 175 Å². The van der Waals surface area contributed by atoms with Gasteiger partial charge in [0.2, 0.25) is 10.0 Å². The first-order chi connectivity index (χ1) is 14.0. The van der Waals surface area contributed by atoms with Crippen molar-refractivity contribution in [3.63, 3.8) is 0 Å². The summed E-state index contributed by atoms with van der Waals surface area (Å²) < 4.78 is 75.7. The Morgan fingerprint density at radius 1 is 1.13 bits per heavy atom. The van der Waals surface area contributed by atoms with Crippen molar-refractivity contribution in [2.45, 2.75) is 17.6 Å². The van der Waals surface area contributed by atoms with Gasteiger partial charge in [0.05, 0.1) is 29.1 Å². The highest BCUT2D eigenvalue weighted by molar-refractivity contribution is 7.89. The third kappa shape index (κ3) is 4.61. The maximum atomic E-state index is 13.1. The molecule has 6 nitrogen and oxygen atoms in total. The van der Waals surface area contributed by atoms with Crippen molar-refractivity contribution in [1.82, 2.24) is 9.46 Å². The van der Waals surface area contributed by atoms with Crippen LogP contribution in [0.3, 0.4) is 0 Å². The molecule has 3 aromatic rings. The van der Waals surface area contributed by atoms with Crippen LogP contribution < -0.4 is 4.74 Å². The quantitative estimate of drug-likeness (QED) is 0.526. The first kappa shape index (κ1) is 22.1. The van der Waals surface area contributed by atoms with E-state index < -0.39 is 31.7 Å². The molecule has 0 spiro atoms. The molecule has 0 saturated carbocycles. The van der Waals surface area contributed by atoms with Gasteiger partial charge in [-0.3, -0.25) is 0 Å². The Hall–Kier alpha value is -2.56. The molecule has 0 radical (unpaired) electrons. The molecule has 2 aromatic carbocycles. The number of rotatable bonds is 6. The van der Waals surface area contributed by atoms with Crippen LogP contribution in [0.1, 0.15) is 11.3 Å². The van der Waals surface area contributed by atoms with E-state index in [0.29, 0.717) is 17.5 Å². The first-order valence-corrected chi connectivity index (χ1v) is 10.3. The molecule has 0 aliphatic heterocycles. The molecule has 1 heterocycles. The molecular weight excluding hydrogens is 445 g/mol. The standard InChI is InChI=1S/C19H16ClF3N2O4S/c1-25(30(26,27)15-7-8-17(20)16(10-15)19(21,22)23)11-14-9-18(24-29-14)12-3-5-13(28-2)6-4-12/h3-10H,11H2,1-2H3. The minimum atomic E-state index is -4.78. The first-order valence-electron chi connectivity index (χ1n) is 8.45. The number of ether oxygens (including phenoxy) is 1. The van der Waals surface area contributed by atoms with E-state index in [1.54, 1.807) is 30.3 Å². The van der Waals surface area contributed by atoms with Gasteiger partial charge < -0.3 is 9.26 Å². The van der Waals surface area contributed by atoms with Crippen molar-refractivity contribution in [2.75, 3.05) is 14.2 Å². The van der Waals surface area contributed by atoms with Gasteiger partial charge in [0.1, 0.15) is 11.4 Å². The van der Waals surface area contributed by atoms with Crippen LogP contribution in [0, 0.1) is 0 Å². The number of halogens is 4. The fraction of sp³-hybridized carbons (Fsp3) is 0.211. The molecule has 0 fully saturated rings. The molecule has 0 N–H and O–H groups in total. The maximum absolute atomic E-state index is 13.1. The highest BCUT2D eigenvalue weighted by atomic mass is 35.5. The molecular formula is C19H16ClF3N2O4S. The van der Waals surface area contributed by atoms with Crippen molar-refractivity contribution in [3.05, 3.63) is 64.9 Å². The van der Waals surface area contributed by atoms with Crippen molar-refractivity contribution in [2.24, 2.45) is 0 Å². The van der Waals surface area contributed by atoms with Gasteiger partial charge in [-0.1, -0.05) is 16.8 Å². The molecule has 11 heteroatoms. The Balaban J connectivity index is 1.82. The highest BCUT2D eigenvalue weighted by Gasteiger charge is 2.35. The van der Waals surface area contributed by atoms with Crippen LogP contribution in [0.4, 0.5) is 13.2 Å². The number of alkyl halides is 3. The van der Waals surface area contributed by atoms with Crippen LogP contribution >= 0.6 is 11.6 Å². The zero-order valence-electron chi connectivity index (χ0n) is 15.8. The maximum Gasteiger partial charge on any atom is 0.417 e. The minimum absolute atomic E-state index is 0.219. The molecule has 0 saturated heterocycles. The molecule has 160 valence electrons. The van der Waals surface area contributed by atoms with E-state index in [0.717, 1.165) is 22.0 Å². The summed E-state index contributed by atoms with van der Waals surface area (Å²) in [4.78, 5) is -0.531. The SMILES string of the molecule is COc1ccc(-c2cc(CN(C)S(=O)(=O)c3ccc(Cl)c(C(F)(F)F)c3)on2)cc1. The lowest BCUT2D eigenvalue weighted by atomic mass is 10.1. The van der Waals surface area contributed by atoms with Gasteiger partial charge in [-0.05, 0) is 42.5 Å². The lowest BCUT2D eigenvalue weighted by Crippen LogP contribution is -2.26. The van der Waals surface area contributed by atoms with Crippen molar-refractivity contribution < 1.29 is 30.8 Å². The van der Waals surface area contributed by atoms with E-state index in [2.05, 4.69) is 5.16 Å². The Kier molecular flexibility index (Phi) is 6.11. The molecule has 0 aliphatic carbocycles. The Morgan fingerprint density at radius 3 is 2.40 bits per heavy atom. The van der Waals surface area contributed by atoms with Gasteiger partial charge >= 0.3 is 6.18 Å². The number of methoxy groups -OCH3 is 1. The normalized spacial score (nSPS) is 12.4. The van der Waals surface area contributed by atoms with Crippen LogP contribution in [0.25, 0.3) is 11.3 Å². The van der Waals surface area contributed by atoms with E-state index in [1.807, 2.05) is 0 Å². The second kappa shape index (κ2) is 8.29. The zero-order chi connectivity index (χ0) is 22.1. The summed E-state index contributed by atoms with van der Waals surface area (Å²) in [6.45, 7) is -0.227. The lowest BCUT2D eigenvalue weighted by molar-refractivity contribution is -0.137. The van der Waals surface area contributed by atoms with Crippen LogP contribution in [0.5, 0.6) is 5.75 Å². The highest BCUT2D eigenvalue weighted by Crippen LogP contribution is 2.36. The van der Waals surface area contributed by atoms with Gasteiger partial charge in [-0.2, -0.15) is 17.5 Å². The number of hydrogen-bond donors (Lipinski definition) is 0. The molecule has 30 heavy (non-hydrogen) atoms. The monoisotopic (exact) mass is 460 g/mol. The van der Waals surface area contributed by atoms with Crippen molar-refractivity contribution >= 4 is 21.6 Å². The van der Waals surface area contributed by atoms with Gasteiger partial charge in [0, 0.05) is 18.7 Å². The minimum Gasteiger partial charge on any atom is -0.497 e. The number of benzene rings is 2. The average molecular weight is 461 g/mol. The lowest BCUT2D eigenvalue weighted by Gasteiger charge is -2.17. The number of aromatic nitrogens is 1. The zero-order valence-corrected chi connectivity index (χ0v) is 17.3.